The largest absolute Gasteiger partial charge is 0.435 e. The van der Waals surface area contributed by atoms with E-state index in [0.717, 1.165) is 16.9 Å². The summed E-state index contributed by atoms with van der Waals surface area (Å²) in [7, 11) is 1.22. The Hall–Kier alpha value is -1.57. The maximum atomic E-state index is 12.1. The van der Waals surface area contributed by atoms with Crippen LogP contribution >= 0.6 is 0 Å². The fourth-order valence-electron chi connectivity index (χ4n) is 0.894. The van der Waals surface area contributed by atoms with Gasteiger partial charge in [-0.25, -0.2) is 5.48 Å². The van der Waals surface area contributed by atoms with Gasteiger partial charge < -0.3 is 0 Å². The fourth-order valence-corrected chi connectivity index (χ4v) is 0.894. The van der Waals surface area contributed by atoms with E-state index in [2.05, 4.69) is 9.94 Å². The average molecular weight is 223 g/mol. The quantitative estimate of drug-likeness (QED) is 0.762. The van der Waals surface area contributed by atoms with E-state index < -0.39 is 17.8 Å². The minimum atomic E-state index is -4.50. The Labute approximate surface area is 82.8 Å². The molecule has 1 heterocycles. The van der Waals surface area contributed by atoms with Crippen LogP contribution in [0.25, 0.3) is 0 Å². The van der Waals surface area contributed by atoms with E-state index in [-0.39, 0.29) is 6.54 Å². The number of nitrogens with one attached hydrogen (secondary N) is 1. The van der Waals surface area contributed by atoms with Crippen LogP contribution in [0.1, 0.15) is 5.69 Å². The number of rotatable bonds is 3. The van der Waals surface area contributed by atoms with Gasteiger partial charge in [0.25, 0.3) is 5.91 Å². The van der Waals surface area contributed by atoms with Gasteiger partial charge in [0.1, 0.15) is 6.54 Å². The Morgan fingerprint density at radius 3 is 2.80 bits per heavy atom. The summed E-state index contributed by atoms with van der Waals surface area (Å²) in [5.41, 5.74) is 0.926. The first-order valence-corrected chi connectivity index (χ1v) is 3.86. The molecule has 0 aromatic carbocycles. The SMILES string of the molecule is CONC(=O)Cn1ccc(C(F)(F)F)n1. The summed E-state index contributed by atoms with van der Waals surface area (Å²) < 4.78 is 37.1. The lowest BCUT2D eigenvalue weighted by Crippen LogP contribution is -2.26. The number of carbonyl (C=O) groups is 1. The highest BCUT2D eigenvalue weighted by molar-refractivity contribution is 5.74. The molecule has 1 aromatic heterocycles. The molecular formula is C7H8F3N3O2. The first-order chi connectivity index (χ1) is 6.93. The zero-order valence-corrected chi connectivity index (χ0v) is 7.71. The lowest BCUT2D eigenvalue weighted by molar-refractivity contribution is -0.142. The smallest absolute Gasteiger partial charge is 0.277 e. The van der Waals surface area contributed by atoms with Crippen molar-refractivity contribution in [3.8, 4) is 0 Å². The minimum Gasteiger partial charge on any atom is -0.277 e. The predicted octanol–water partition coefficient (Wildman–Crippen LogP) is 0.579. The van der Waals surface area contributed by atoms with Crippen LogP contribution in [-0.4, -0.2) is 22.8 Å². The molecule has 1 amide bonds. The van der Waals surface area contributed by atoms with Gasteiger partial charge in [0.15, 0.2) is 5.69 Å². The van der Waals surface area contributed by atoms with Gasteiger partial charge in [-0.05, 0) is 6.07 Å². The standard InChI is InChI=1S/C7H8F3N3O2/c1-15-12-6(14)4-13-3-2-5(11-13)7(8,9)10/h2-3H,4H2,1H3,(H,12,14). The summed E-state index contributed by atoms with van der Waals surface area (Å²) in [6.45, 7) is -0.329. The van der Waals surface area contributed by atoms with Crippen molar-refractivity contribution in [3.05, 3.63) is 18.0 Å². The Bertz CT molecular complexity index is 347. The lowest BCUT2D eigenvalue weighted by atomic mass is 10.4. The van der Waals surface area contributed by atoms with E-state index >= 15 is 0 Å². The average Bonchev–Trinajstić information content (AvgIpc) is 2.52. The molecule has 84 valence electrons. The normalized spacial score (nSPS) is 11.5. The highest BCUT2D eigenvalue weighted by Gasteiger charge is 2.33. The molecule has 0 spiro atoms. The van der Waals surface area contributed by atoms with Crippen LogP contribution in [0.3, 0.4) is 0 Å². The highest BCUT2D eigenvalue weighted by Crippen LogP contribution is 2.27. The van der Waals surface area contributed by atoms with Crippen LogP contribution in [-0.2, 0) is 22.4 Å². The molecule has 0 saturated heterocycles. The molecule has 1 N–H and O–H groups in total. The topological polar surface area (TPSA) is 56.1 Å². The Morgan fingerprint density at radius 2 is 2.33 bits per heavy atom. The van der Waals surface area contributed by atoms with Crippen molar-refractivity contribution in [1.29, 1.82) is 0 Å². The van der Waals surface area contributed by atoms with Crippen molar-refractivity contribution in [2.24, 2.45) is 0 Å². The van der Waals surface area contributed by atoms with Crippen molar-refractivity contribution >= 4 is 5.91 Å². The number of alkyl halides is 3. The van der Waals surface area contributed by atoms with Crippen LogP contribution in [0.15, 0.2) is 12.3 Å². The van der Waals surface area contributed by atoms with E-state index in [1.807, 2.05) is 5.48 Å². The van der Waals surface area contributed by atoms with Crippen LogP contribution < -0.4 is 5.48 Å². The summed E-state index contributed by atoms with van der Waals surface area (Å²) in [5.74, 6) is -0.589. The zero-order chi connectivity index (χ0) is 11.5. The molecule has 0 saturated carbocycles. The molecule has 0 bridgehead atoms. The number of aromatic nitrogens is 2. The van der Waals surface area contributed by atoms with Gasteiger partial charge in [-0.1, -0.05) is 0 Å². The first kappa shape index (κ1) is 11.5. The number of nitrogens with zero attached hydrogens (tertiary/aromatic N) is 2. The molecule has 0 radical (unpaired) electrons. The minimum absolute atomic E-state index is 0.329. The third-order valence-electron chi connectivity index (χ3n) is 1.45. The van der Waals surface area contributed by atoms with Crippen LogP contribution in [0.5, 0.6) is 0 Å². The Morgan fingerprint density at radius 1 is 1.67 bits per heavy atom. The van der Waals surface area contributed by atoms with Crippen LogP contribution in [0.4, 0.5) is 13.2 Å². The van der Waals surface area contributed by atoms with Gasteiger partial charge in [0, 0.05) is 6.20 Å². The molecule has 0 aliphatic heterocycles. The van der Waals surface area contributed by atoms with Crippen molar-refractivity contribution in [2.45, 2.75) is 12.7 Å². The highest BCUT2D eigenvalue weighted by atomic mass is 19.4. The Kier molecular flexibility index (Phi) is 3.30. The van der Waals surface area contributed by atoms with Gasteiger partial charge in [-0.15, -0.1) is 0 Å². The molecule has 0 aliphatic carbocycles. The zero-order valence-electron chi connectivity index (χ0n) is 7.71. The summed E-state index contributed by atoms with van der Waals surface area (Å²) >= 11 is 0. The second-order valence-corrected chi connectivity index (χ2v) is 2.63. The van der Waals surface area contributed by atoms with E-state index in [4.69, 9.17) is 0 Å². The van der Waals surface area contributed by atoms with Gasteiger partial charge in [0.2, 0.25) is 0 Å². The van der Waals surface area contributed by atoms with Gasteiger partial charge in [-0.2, -0.15) is 18.3 Å². The number of hydrogen-bond acceptors (Lipinski definition) is 3. The monoisotopic (exact) mass is 223 g/mol. The summed E-state index contributed by atoms with van der Waals surface area (Å²) in [4.78, 5) is 15.2. The Balaban J connectivity index is 2.65. The number of halogens is 3. The van der Waals surface area contributed by atoms with Gasteiger partial charge in [-0.3, -0.25) is 14.3 Å². The molecule has 0 aliphatic rings. The van der Waals surface area contributed by atoms with Crippen molar-refractivity contribution in [1.82, 2.24) is 15.3 Å². The second-order valence-electron chi connectivity index (χ2n) is 2.63. The molecule has 1 rings (SSSR count). The molecule has 5 nitrogen and oxygen atoms in total. The molecular weight excluding hydrogens is 215 g/mol. The first-order valence-electron chi connectivity index (χ1n) is 3.86. The summed E-state index contributed by atoms with van der Waals surface area (Å²) in [5, 5.41) is 3.18. The molecule has 0 atom stereocenters. The third kappa shape index (κ3) is 3.24. The van der Waals surface area contributed by atoms with Crippen molar-refractivity contribution < 1.29 is 22.8 Å². The van der Waals surface area contributed by atoms with E-state index in [9.17, 15) is 18.0 Å². The second kappa shape index (κ2) is 4.30. The maximum Gasteiger partial charge on any atom is 0.435 e. The van der Waals surface area contributed by atoms with Crippen LogP contribution in [0.2, 0.25) is 0 Å². The number of hydrogen-bond donors (Lipinski definition) is 1. The summed E-state index contributed by atoms with van der Waals surface area (Å²) in [6.07, 6.45) is -3.43. The van der Waals surface area contributed by atoms with Crippen LogP contribution in [0, 0.1) is 0 Å². The predicted molar refractivity (Wildman–Crippen MR) is 42.4 cm³/mol. The summed E-state index contributed by atoms with van der Waals surface area (Å²) in [6, 6.07) is 0.792. The van der Waals surface area contributed by atoms with Gasteiger partial charge >= 0.3 is 6.18 Å². The van der Waals surface area contributed by atoms with E-state index in [0.29, 0.717) is 0 Å². The number of amides is 1. The fraction of sp³-hybridized carbons (Fsp3) is 0.429. The molecule has 15 heavy (non-hydrogen) atoms. The molecule has 0 unspecified atom stereocenters. The van der Waals surface area contributed by atoms with Gasteiger partial charge in [0.05, 0.1) is 7.11 Å². The van der Waals surface area contributed by atoms with Crippen molar-refractivity contribution in [2.75, 3.05) is 7.11 Å². The van der Waals surface area contributed by atoms with E-state index in [1.54, 1.807) is 0 Å². The van der Waals surface area contributed by atoms with Crippen molar-refractivity contribution in [3.63, 3.8) is 0 Å². The molecule has 1 aromatic rings. The number of hydroxylamine groups is 1. The molecule has 8 heteroatoms. The third-order valence-corrected chi connectivity index (χ3v) is 1.45. The number of carbonyl (C=O) groups excluding carboxylic acids is 1. The lowest BCUT2D eigenvalue weighted by Gasteiger charge is -2.03. The molecule has 0 fully saturated rings. The van der Waals surface area contributed by atoms with E-state index in [1.165, 1.54) is 7.11 Å². The maximum absolute atomic E-state index is 12.1.